The number of aromatic nitrogens is 1. The molecule has 3 N–H and O–H groups in total. The van der Waals surface area contributed by atoms with Crippen molar-refractivity contribution in [3.05, 3.63) is 57.5 Å². The Bertz CT molecular complexity index is 1000. The number of nitrogens with zero attached hydrogens (tertiary/aromatic N) is 1. The van der Waals surface area contributed by atoms with Crippen LogP contribution in [0.4, 0.5) is 5.00 Å². The van der Waals surface area contributed by atoms with E-state index in [-0.39, 0.29) is 5.56 Å². The summed E-state index contributed by atoms with van der Waals surface area (Å²) in [6.45, 7) is 3.31. The van der Waals surface area contributed by atoms with E-state index in [0.717, 1.165) is 15.4 Å². The van der Waals surface area contributed by atoms with Crippen LogP contribution in [-0.2, 0) is 9.53 Å². The van der Waals surface area contributed by atoms with E-state index in [1.165, 1.54) is 28.7 Å². The predicted molar refractivity (Wildman–Crippen MR) is 105 cm³/mol. The van der Waals surface area contributed by atoms with Crippen LogP contribution in [0.25, 0.3) is 5.00 Å². The number of thiophene rings is 2. The first kappa shape index (κ1) is 18.9. The zero-order valence-electron chi connectivity index (χ0n) is 14.6. The van der Waals surface area contributed by atoms with Crippen LogP contribution in [-0.4, -0.2) is 29.0 Å². The van der Waals surface area contributed by atoms with Gasteiger partial charge in [-0.2, -0.15) is 0 Å². The lowest BCUT2D eigenvalue weighted by Gasteiger charge is -2.08. The molecule has 0 aliphatic carbocycles. The van der Waals surface area contributed by atoms with Gasteiger partial charge in [0, 0.05) is 17.3 Å². The van der Waals surface area contributed by atoms with Crippen molar-refractivity contribution in [1.82, 2.24) is 4.57 Å². The number of carbonyl (C=O) groups is 3. The highest BCUT2D eigenvalue weighted by Gasteiger charge is 2.23. The number of carbonyl (C=O) groups excluding carboxylic acids is 3. The second-order valence-corrected chi connectivity index (χ2v) is 7.82. The number of aryl methyl sites for hydroxylation is 1. The van der Waals surface area contributed by atoms with E-state index >= 15 is 0 Å². The third-order valence-corrected chi connectivity index (χ3v) is 5.98. The lowest BCUT2D eigenvalue weighted by atomic mass is 10.1. The number of nitrogens with two attached hydrogens (primary N) is 1. The fourth-order valence-electron chi connectivity index (χ4n) is 2.47. The third kappa shape index (κ3) is 3.93. The van der Waals surface area contributed by atoms with Gasteiger partial charge in [0.1, 0.15) is 10.0 Å². The largest absolute Gasteiger partial charge is 0.452 e. The Balaban J connectivity index is 1.70. The Morgan fingerprint density at radius 1 is 1.22 bits per heavy atom. The fourth-order valence-corrected chi connectivity index (χ4v) is 4.39. The van der Waals surface area contributed by atoms with Crippen molar-refractivity contribution in [1.29, 1.82) is 0 Å². The molecule has 0 fully saturated rings. The minimum atomic E-state index is -0.635. The maximum absolute atomic E-state index is 12.6. The monoisotopic (exact) mass is 403 g/mol. The summed E-state index contributed by atoms with van der Waals surface area (Å²) in [7, 11) is 0. The van der Waals surface area contributed by atoms with E-state index in [2.05, 4.69) is 5.32 Å². The Morgan fingerprint density at radius 2 is 1.93 bits per heavy atom. The number of primary amides is 1. The van der Waals surface area contributed by atoms with Crippen LogP contribution in [0.5, 0.6) is 0 Å². The van der Waals surface area contributed by atoms with Gasteiger partial charge in [0.15, 0.2) is 6.61 Å². The van der Waals surface area contributed by atoms with Crippen LogP contribution in [0.1, 0.15) is 31.2 Å². The number of anilines is 1. The lowest BCUT2D eigenvalue weighted by Crippen LogP contribution is -2.22. The molecule has 9 heteroatoms. The highest BCUT2D eigenvalue weighted by atomic mass is 32.1. The Labute approximate surface area is 163 Å². The van der Waals surface area contributed by atoms with Gasteiger partial charge in [0.25, 0.3) is 11.8 Å². The summed E-state index contributed by atoms with van der Waals surface area (Å²) in [4.78, 5) is 37.0. The van der Waals surface area contributed by atoms with Gasteiger partial charge in [-0.15, -0.1) is 22.7 Å². The van der Waals surface area contributed by atoms with Crippen molar-refractivity contribution in [2.75, 3.05) is 11.9 Å². The summed E-state index contributed by atoms with van der Waals surface area (Å²) in [5, 5.41) is 5.26. The molecule has 0 saturated carbocycles. The lowest BCUT2D eigenvalue weighted by molar-refractivity contribution is -0.119. The molecule has 27 heavy (non-hydrogen) atoms. The van der Waals surface area contributed by atoms with E-state index < -0.39 is 24.4 Å². The molecule has 0 saturated heterocycles. The second kappa shape index (κ2) is 7.77. The Hall–Kier alpha value is -2.91. The Morgan fingerprint density at radius 3 is 2.59 bits per heavy atom. The van der Waals surface area contributed by atoms with Crippen LogP contribution < -0.4 is 11.1 Å². The van der Waals surface area contributed by atoms with Crippen molar-refractivity contribution in [3.8, 4) is 5.00 Å². The molecule has 3 aromatic rings. The maximum atomic E-state index is 12.6. The molecule has 0 atom stereocenters. The predicted octanol–water partition coefficient (Wildman–Crippen LogP) is 3.11. The standard InChI is InChI=1S/C18H17N3O4S2/c1-10-11(2)27-17(21-6-3-4-7-21)14(10)18(24)25-9-13(22)20-16-12(15(19)23)5-8-26-16/h3-8H,9H2,1-2H3,(H2,19,23)(H,20,22). The number of nitrogens with one attached hydrogen (secondary N) is 1. The molecule has 0 aliphatic rings. The highest BCUT2D eigenvalue weighted by molar-refractivity contribution is 7.15. The summed E-state index contributed by atoms with van der Waals surface area (Å²) >= 11 is 2.65. The summed E-state index contributed by atoms with van der Waals surface area (Å²) < 4.78 is 7.04. The van der Waals surface area contributed by atoms with Gasteiger partial charge in [-0.25, -0.2) is 4.79 Å². The molecule has 3 aromatic heterocycles. The van der Waals surface area contributed by atoms with Crippen molar-refractivity contribution in [2.24, 2.45) is 5.73 Å². The number of esters is 1. The van der Waals surface area contributed by atoms with E-state index in [1.807, 2.05) is 42.9 Å². The molecule has 0 aliphatic heterocycles. The molecular formula is C18H17N3O4S2. The summed E-state index contributed by atoms with van der Waals surface area (Å²) in [6, 6.07) is 5.25. The minimum Gasteiger partial charge on any atom is -0.452 e. The van der Waals surface area contributed by atoms with Crippen LogP contribution in [0.3, 0.4) is 0 Å². The first-order valence-electron chi connectivity index (χ1n) is 7.96. The molecule has 0 unspecified atom stereocenters. The molecule has 3 heterocycles. The molecule has 2 amide bonds. The van der Waals surface area contributed by atoms with Gasteiger partial charge >= 0.3 is 5.97 Å². The van der Waals surface area contributed by atoms with E-state index in [0.29, 0.717) is 10.6 Å². The van der Waals surface area contributed by atoms with Gasteiger partial charge in [0.05, 0.1) is 11.1 Å². The fraction of sp³-hybridized carbons (Fsp3) is 0.167. The summed E-state index contributed by atoms with van der Waals surface area (Å²) in [5.74, 6) is -1.75. The quantitative estimate of drug-likeness (QED) is 0.617. The molecular weight excluding hydrogens is 386 g/mol. The van der Waals surface area contributed by atoms with Crippen molar-refractivity contribution in [2.45, 2.75) is 13.8 Å². The molecule has 0 spiro atoms. The first-order valence-corrected chi connectivity index (χ1v) is 9.65. The van der Waals surface area contributed by atoms with Crippen molar-refractivity contribution < 1.29 is 19.1 Å². The molecule has 0 bridgehead atoms. The zero-order valence-corrected chi connectivity index (χ0v) is 16.3. The molecule has 140 valence electrons. The van der Waals surface area contributed by atoms with Crippen molar-refractivity contribution >= 4 is 45.5 Å². The molecule has 7 nitrogen and oxygen atoms in total. The number of ether oxygens (including phenoxy) is 1. The maximum Gasteiger partial charge on any atom is 0.341 e. The van der Waals surface area contributed by atoms with Crippen LogP contribution in [0.2, 0.25) is 0 Å². The minimum absolute atomic E-state index is 0.221. The number of hydrogen-bond donors (Lipinski definition) is 2. The SMILES string of the molecule is Cc1sc(-n2cccc2)c(C(=O)OCC(=O)Nc2sccc2C(N)=O)c1C. The number of hydrogen-bond acceptors (Lipinski definition) is 6. The normalized spacial score (nSPS) is 10.6. The highest BCUT2D eigenvalue weighted by Crippen LogP contribution is 2.31. The van der Waals surface area contributed by atoms with Gasteiger partial charge in [0.2, 0.25) is 0 Å². The average molecular weight is 403 g/mol. The van der Waals surface area contributed by atoms with Crippen LogP contribution in [0.15, 0.2) is 36.0 Å². The smallest absolute Gasteiger partial charge is 0.341 e. The number of amides is 2. The molecule has 0 aromatic carbocycles. The molecule has 3 rings (SSSR count). The van der Waals surface area contributed by atoms with Crippen LogP contribution >= 0.6 is 22.7 Å². The van der Waals surface area contributed by atoms with Crippen LogP contribution in [0, 0.1) is 13.8 Å². The summed E-state index contributed by atoms with van der Waals surface area (Å²) in [5.41, 5.74) is 6.73. The number of rotatable bonds is 6. The van der Waals surface area contributed by atoms with E-state index in [1.54, 1.807) is 5.38 Å². The van der Waals surface area contributed by atoms with E-state index in [9.17, 15) is 14.4 Å². The van der Waals surface area contributed by atoms with Gasteiger partial charge in [-0.05, 0) is 43.0 Å². The zero-order chi connectivity index (χ0) is 19.6. The van der Waals surface area contributed by atoms with E-state index in [4.69, 9.17) is 10.5 Å². The van der Waals surface area contributed by atoms with Gasteiger partial charge in [-0.1, -0.05) is 0 Å². The Kier molecular flexibility index (Phi) is 5.43. The van der Waals surface area contributed by atoms with Gasteiger partial charge in [-0.3, -0.25) is 9.59 Å². The van der Waals surface area contributed by atoms with Gasteiger partial charge < -0.3 is 20.4 Å². The first-order chi connectivity index (χ1) is 12.9. The third-order valence-electron chi connectivity index (χ3n) is 3.93. The topological polar surface area (TPSA) is 103 Å². The van der Waals surface area contributed by atoms with Crippen molar-refractivity contribution in [3.63, 3.8) is 0 Å². The average Bonchev–Trinajstić information content (AvgIpc) is 3.34. The molecule has 0 radical (unpaired) electrons. The second-order valence-electron chi connectivity index (χ2n) is 5.71. The summed E-state index contributed by atoms with van der Waals surface area (Å²) in [6.07, 6.45) is 3.69.